The summed E-state index contributed by atoms with van der Waals surface area (Å²) in [5, 5.41) is 3.74. The fourth-order valence-electron chi connectivity index (χ4n) is 1.63. The molecule has 0 bridgehead atoms. The monoisotopic (exact) mass is 232 g/mol. The number of nitrogens with zero attached hydrogens (tertiary/aromatic N) is 2. The van der Waals surface area contributed by atoms with E-state index in [1.165, 1.54) is 0 Å². The molecule has 0 spiro atoms. The van der Waals surface area contributed by atoms with Gasteiger partial charge in [0.15, 0.2) is 0 Å². The Morgan fingerprint density at radius 2 is 2.35 bits per heavy atom. The van der Waals surface area contributed by atoms with E-state index in [-0.39, 0.29) is 5.91 Å². The van der Waals surface area contributed by atoms with Crippen molar-refractivity contribution in [3.8, 4) is 0 Å². The zero-order valence-corrected chi connectivity index (χ0v) is 10.0. The van der Waals surface area contributed by atoms with Gasteiger partial charge in [-0.05, 0) is 26.2 Å². The molecule has 0 radical (unpaired) electrons. The molecule has 0 saturated heterocycles. The number of carbonyl (C=O) groups excluding carboxylic acids is 1. The summed E-state index contributed by atoms with van der Waals surface area (Å²) in [5.74, 6) is -0.0638. The Balaban J connectivity index is 2.09. The molecule has 0 aliphatic heterocycles. The molecule has 5 heteroatoms. The highest BCUT2D eigenvalue weighted by atomic mass is 16.1. The molecule has 0 fully saturated rings. The van der Waals surface area contributed by atoms with Crippen molar-refractivity contribution in [2.24, 2.45) is 0 Å². The zero-order chi connectivity index (χ0) is 12.3. The average Bonchev–Trinajstić information content (AvgIpc) is 2.72. The maximum absolute atomic E-state index is 11.9. The van der Waals surface area contributed by atoms with E-state index < -0.39 is 0 Å². The van der Waals surface area contributed by atoms with Crippen molar-refractivity contribution in [3.63, 3.8) is 0 Å². The Hall–Kier alpha value is -1.88. The summed E-state index contributed by atoms with van der Waals surface area (Å²) in [4.78, 5) is 21.1. The van der Waals surface area contributed by atoms with E-state index in [0.29, 0.717) is 12.1 Å². The minimum Gasteiger partial charge on any atom is -0.351 e. The average molecular weight is 232 g/mol. The van der Waals surface area contributed by atoms with E-state index in [9.17, 15) is 4.79 Å². The Labute approximate surface area is 99.8 Å². The summed E-state index contributed by atoms with van der Waals surface area (Å²) >= 11 is 0. The number of pyridine rings is 1. The van der Waals surface area contributed by atoms with Crippen LogP contribution in [0.5, 0.6) is 0 Å². The molecule has 0 saturated carbocycles. The number of likely N-dealkylation sites (N-methyl/N-ethyl adjacent to an activating group) is 1. The van der Waals surface area contributed by atoms with Crippen molar-refractivity contribution in [1.29, 1.82) is 0 Å². The lowest BCUT2D eigenvalue weighted by atomic mass is 10.2. The van der Waals surface area contributed by atoms with E-state index in [2.05, 4.69) is 15.3 Å². The van der Waals surface area contributed by atoms with Gasteiger partial charge < -0.3 is 15.2 Å². The molecule has 0 aliphatic rings. The lowest BCUT2D eigenvalue weighted by molar-refractivity contribution is 0.0952. The predicted octanol–water partition coefficient (Wildman–Crippen LogP) is 0.854. The molecule has 0 atom stereocenters. The topological polar surface area (TPSA) is 61.0 Å². The molecule has 90 valence electrons. The maximum Gasteiger partial charge on any atom is 0.253 e. The van der Waals surface area contributed by atoms with Gasteiger partial charge in [0.1, 0.15) is 5.65 Å². The van der Waals surface area contributed by atoms with Crippen LogP contribution in [-0.2, 0) is 0 Å². The van der Waals surface area contributed by atoms with Crippen LogP contribution in [0, 0.1) is 0 Å². The first kappa shape index (κ1) is 11.6. The molecular formula is C12H16N4O. The fraction of sp³-hybridized carbons (Fsp3) is 0.333. The number of H-pyrrole nitrogens is 1. The molecule has 0 unspecified atom stereocenters. The van der Waals surface area contributed by atoms with Crippen LogP contribution in [0.25, 0.3) is 11.0 Å². The standard InChI is InChI=1S/C12H16N4O/c1-16(2)7-6-14-12(17)10-8-15-11-9(10)4-3-5-13-11/h3-5,8H,6-7H2,1-2H3,(H,13,15)(H,14,17). The lowest BCUT2D eigenvalue weighted by Gasteiger charge is -2.09. The van der Waals surface area contributed by atoms with Crippen LogP contribution in [0.15, 0.2) is 24.5 Å². The molecule has 2 rings (SSSR count). The second kappa shape index (κ2) is 4.97. The smallest absolute Gasteiger partial charge is 0.253 e. The molecule has 2 N–H and O–H groups in total. The number of rotatable bonds is 4. The molecule has 0 aromatic carbocycles. The van der Waals surface area contributed by atoms with Crippen LogP contribution in [0.4, 0.5) is 0 Å². The fourth-order valence-corrected chi connectivity index (χ4v) is 1.63. The minimum absolute atomic E-state index is 0.0638. The third-order valence-corrected chi connectivity index (χ3v) is 2.54. The Morgan fingerprint density at radius 3 is 3.12 bits per heavy atom. The summed E-state index contributed by atoms with van der Waals surface area (Å²) < 4.78 is 0. The number of aromatic nitrogens is 2. The summed E-state index contributed by atoms with van der Waals surface area (Å²) in [5.41, 5.74) is 1.39. The van der Waals surface area contributed by atoms with Crippen LogP contribution >= 0.6 is 0 Å². The largest absolute Gasteiger partial charge is 0.351 e. The number of hydrogen-bond acceptors (Lipinski definition) is 3. The number of carbonyl (C=O) groups is 1. The molecule has 17 heavy (non-hydrogen) atoms. The summed E-state index contributed by atoms with van der Waals surface area (Å²) in [6, 6.07) is 3.71. The van der Waals surface area contributed by atoms with E-state index in [1.54, 1.807) is 12.4 Å². The first-order chi connectivity index (χ1) is 8.18. The number of amides is 1. The second-order valence-electron chi connectivity index (χ2n) is 4.16. The van der Waals surface area contributed by atoms with E-state index in [4.69, 9.17) is 0 Å². The van der Waals surface area contributed by atoms with Crippen molar-refractivity contribution in [3.05, 3.63) is 30.1 Å². The van der Waals surface area contributed by atoms with Gasteiger partial charge in [0.05, 0.1) is 5.56 Å². The molecule has 1 amide bonds. The predicted molar refractivity (Wildman–Crippen MR) is 67.0 cm³/mol. The normalized spacial score (nSPS) is 11.0. The van der Waals surface area contributed by atoms with Gasteiger partial charge in [0, 0.05) is 30.9 Å². The van der Waals surface area contributed by atoms with Gasteiger partial charge in [-0.15, -0.1) is 0 Å². The van der Waals surface area contributed by atoms with Gasteiger partial charge in [-0.3, -0.25) is 4.79 Å². The van der Waals surface area contributed by atoms with Crippen LogP contribution in [0.1, 0.15) is 10.4 Å². The van der Waals surface area contributed by atoms with Crippen LogP contribution in [-0.4, -0.2) is 48.0 Å². The molecule has 2 heterocycles. The van der Waals surface area contributed by atoms with E-state index in [1.807, 2.05) is 31.1 Å². The molecule has 2 aromatic heterocycles. The SMILES string of the molecule is CN(C)CCNC(=O)c1c[nH]c2ncccc12. The van der Waals surface area contributed by atoms with Crippen molar-refractivity contribution >= 4 is 16.9 Å². The number of fused-ring (bicyclic) bond motifs is 1. The first-order valence-corrected chi connectivity index (χ1v) is 5.53. The Bertz CT molecular complexity index is 518. The highest BCUT2D eigenvalue weighted by molar-refractivity contribution is 6.05. The summed E-state index contributed by atoms with van der Waals surface area (Å²) in [7, 11) is 3.95. The number of nitrogens with one attached hydrogen (secondary N) is 2. The van der Waals surface area contributed by atoms with Crippen LogP contribution < -0.4 is 5.32 Å². The van der Waals surface area contributed by atoms with Crippen LogP contribution in [0.2, 0.25) is 0 Å². The zero-order valence-electron chi connectivity index (χ0n) is 10.0. The van der Waals surface area contributed by atoms with Gasteiger partial charge in [0.25, 0.3) is 5.91 Å². The van der Waals surface area contributed by atoms with Gasteiger partial charge >= 0.3 is 0 Å². The minimum atomic E-state index is -0.0638. The molecule has 5 nitrogen and oxygen atoms in total. The summed E-state index contributed by atoms with van der Waals surface area (Å²) in [6.07, 6.45) is 3.40. The Morgan fingerprint density at radius 1 is 1.53 bits per heavy atom. The van der Waals surface area contributed by atoms with Crippen LogP contribution in [0.3, 0.4) is 0 Å². The van der Waals surface area contributed by atoms with Gasteiger partial charge in [-0.2, -0.15) is 0 Å². The number of hydrogen-bond donors (Lipinski definition) is 2. The van der Waals surface area contributed by atoms with Crippen molar-refractivity contribution in [1.82, 2.24) is 20.2 Å². The van der Waals surface area contributed by atoms with Crippen molar-refractivity contribution < 1.29 is 4.79 Å². The van der Waals surface area contributed by atoms with E-state index in [0.717, 1.165) is 17.6 Å². The third kappa shape index (κ3) is 2.62. The lowest BCUT2D eigenvalue weighted by Crippen LogP contribution is -2.31. The molecular weight excluding hydrogens is 216 g/mol. The highest BCUT2D eigenvalue weighted by Crippen LogP contribution is 2.14. The third-order valence-electron chi connectivity index (χ3n) is 2.54. The van der Waals surface area contributed by atoms with Gasteiger partial charge in [-0.25, -0.2) is 4.98 Å². The first-order valence-electron chi connectivity index (χ1n) is 5.53. The highest BCUT2D eigenvalue weighted by Gasteiger charge is 2.11. The van der Waals surface area contributed by atoms with Crippen molar-refractivity contribution in [2.45, 2.75) is 0 Å². The van der Waals surface area contributed by atoms with Gasteiger partial charge in [0.2, 0.25) is 0 Å². The maximum atomic E-state index is 11.9. The Kier molecular flexibility index (Phi) is 3.39. The van der Waals surface area contributed by atoms with E-state index >= 15 is 0 Å². The van der Waals surface area contributed by atoms with Crippen molar-refractivity contribution in [2.75, 3.05) is 27.2 Å². The molecule has 2 aromatic rings. The summed E-state index contributed by atoms with van der Waals surface area (Å²) in [6.45, 7) is 1.46. The van der Waals surface area contributed by atoms with Gasteiger partial charge in [-0.1, -0.05) is 0 Å². The molecule has 0 aliphatic carbocycles. The second-order valence-corrected chi connectivity index (χ2v) is 4.16. The quantitative estimate of drug-likeness (QED) is 0.821. The number of aromatic amines is 1.